The molecule has 0 unspecified atom stereocenters. The minimum Gasteiger partial charge on any atom is -0.516 e. The Kier molecular flexibility index (Phi) is 7.32. The number of hydrogen-bond acceptors (Lipinski definition) is 3. The van der Waals surface area contributed by atoms with Crippen molar-refractivity contribution < 1.29 is 78.4 Å². The van der Waals surface area contributed by atoms with E-state index in [1.165, 1.54) is 0 Å². The topological polar surface area (TPSA) is 52.4 Å². The van der Waals surface area contributed by atoms with Crippen LogP contribution < -0.4 is 56.1 Å². The van der Waals surface area contributed by atoms with E-state index >= 15 is 0 Å². The summed E-state index contributed by atoms with van der Waals surface area (Å²) >= 11 is 2.70. The van der Waals surface area contributed by atoms with Gasteiger partial charge in [-0.25, -0.2) is 4.39 Å². The van der Waals surface area contributed by atoms with Crippen LogP contribution in [0.2, 0.25) is 0 Å². The fraction of sp³-hybridized carbons (Fsp3) is 0.143. The van der Waals surface area contributed by atoms with Crippen LogP contribution in [0, 0.1) is 15.9 Å². The molecular weight excluding hydrogens is 352 g/mol. The first-order valence-corrected chi connectivity index (χ1v) is 4.97. The largest absolute Gasteiger partial charge is 1.00 e. The molecule has 0 saturated carbocycles. The zero-order valence-corrected chi connectivity index (χ0v) is 13.7. The van der Waals surface area contributed by atoms with Gasteiger partial charge in [0.15, 0.2) is 0 Å². The van der Waals surface area contributed by atoms with Gasteiger partial charge in [0.2, 0.25) is 5.75 Å². The van der Waals surface area contributed by atoms with E-state index in [1.54, 1.807) is 0 Å². The van der Waals surface area contributed by atoms with Crippen molar-refractivity contribution in [2.45, 2.75) is 0 Å². The van der Waals surface area contributed by atoms with Gasteiger partial charge in [0.05, 0.1) is 22.0 Å². The molecule has 0 atom stereocenters. The molecule has 94 valence electrons. The van der Waals surface area contributed by atoms with E-state index in [-0.39, 0.29) is 55.9 Å². The Morgan fingerprint density at radius 3 is 2.39 bits per heavy atom. The number of ether oxygens (including phenoxy) is 1. The predicted molar refractivity (Wildman–Crippen MR) is 55.3 cm³/mol. The Morgan fingerprint density at radius 2 is 1.94 bits per heavy atom. The molecule has 0 aromatic heterocycles. The van der Waals surface area contributed by atoms with E-state index in [1.807, 2.05) is 0 Å². The zero-order valence-electron chi connectivity index (χ0n) is 9.00. The summed E-state index contributed by atoms with van der Waals surface area (Å²) in [5.41, 5.74) is -0.864. The quantitative estimate of drug-likeness (QED) is 0.337. The Hall–Kier alpha value is 0.321. The molecule has 1 aromatic rings. The summed E-state index contributed by atoms with van der Waals surface area (Å²) in [6, 6.07) is 1.27. The molecule has 0 aliphatic carbocycles. The van der Waals surface area contributed by atoms with Crippen LogP contribution in [0.5, 0.6) is 5.75 Å². The summed E-state index contributed by atoms with van der Waals surface area (Å²) in [4.78, 5) is 9.49. The molecule has 0 N–H and O–H groups in total. The molecule has 0 heterocycles. The van der Waals surface area contributed by atoms with Crippen LogP contribution in [-0.4, -0.2) is 18.4 Å². The van der Waals surface area contributed by atoms with Crippen molar-refractivity contribution in [3.05, 3.63) is 32.5 Å². The molecule has 0 radical (unpaired) electrons. The van der Waals surface area contributed by atoms with E-state index < -0.39 is 35.7 Å². The molecule has 0 aliphatic heterocycles. The van der Waals surface area contributed by atoms with Crippen LogP contribution in [0.4, 0.5) is 23.0 Å². The summed E-state index contributed by atoms with van der Waals surface area (Å²) in [6.07, 6.45) is 0. The fourth-order valence-corrected chi connectivity index (χ4v) is 1.54. The van der Waals surface area contributed by atoms with Crippen molar-refractivity contribution in [1.29, 1.82) is 0 Å². The number of benzene rings is 1. The average Bonchev–Trinajstić information content (AvgIpc) is 2.13. The first-order valence-electron chi connectivity index (χ1n) is 4.18. The van der Waals surface area contributed by atoms with E-state index in [9.17, 15) is 27.5 Å². The van der Waals surface area contributed by atoms with Gasteiger partial charge < -0.3 is 17.7 Å². The Balaban J connectivity index is 0.00000289. The van der Waals surface area contributed by atoms with E-state index in [0.717, 1.165) is 6.07 Å². The second kappa shape index (κ2) is 7.20. The number of nitrogens with zero attached hydrogens (tertiary/aromatic N) is 1. The molecule has 0 saturated heterocycles. The first-order chi connectivity index (χ1) is 7.70. The molecule has 18 heavy (non-hydrogen) atoms. The van der Waals surface area contributed by atoms with E-state index in [0.29, 0.717) is 6.07 Å². The molecule has 0 aliphatic rings. The fourth-order valence-electron chi connectivity index (χ4n) is 1.00. The minimum atomic E-state index is -5.25. The van der Waals surface area contributed by atoms with Crippen molar-refractivity contribution in [3.8, 4) is 5.75 Å². The Morgan fingerprint density at radius 1 is 1.39 bits per heavy atom. The number of nitro benzene ring substituents is 1. The van der Waals surface area contributed by atoms with Crippen LogP contribution in [0.25, 0.3) is 0 Å². The molecule has 11 heteroatoms. The third-order valence-corrected chi connectivity index (χ3v) is 2.19. The summed E-state index contributed by atoms with van der Waals surface area (Å²) in [5, 5.41) is 10.5. The van der Waals surface area contributed by atoms with Gasteiger partial charge in [0.25, 0.3) is 0 Å². The van der Waals surface area contributed by atoms with Crippen molar-refractivity contribution in [1.82, 2.24) is 0 Å². The van der Waals surface area contributed by atoms with Crippen LogP contribution in [0.15, 0.2) is 16.6 Å². The van der Waals surface area contributed by atoms with Gasteiger partial charge in [0, 0.05) is 0 Å². The summed E-state index contributed by atoms with van der Waals surface area (Å²) < 4.78 is 52.8. The maximum Gasteiger partial charge on any atom is 1.00 e. The van der Waals surface area contributed by atoms with Gasteiger partial charge in [-0.05, 0) is 22.0 Å². The molecule has 1 aromatic carbocycles. The third kappa shape index (κ3) is 5.53. The van der Waals surface area contributed by atoms with Crippen LogP contribution in [0.1, 0.15) is 0 Å². The van der Waals surface area contributed by atoms with E-state index in [4.69, 9.17) is 0 Å². The number of hydrogen-bond donors (Lipinski definition) is 0. The second-order valence-corrected chi connectivity index (χ2v) is 3.87. The molecular formula is C7H4BBrF4KNO3. The van der Waals surface area contributed by atoms with E-state index in [2.05, 4.69) is 20.7 Å². The normalized spacial score (nSPS) is 10.7. The van der Waals surface area contributed by atoms with Gasteiger partial charge in [-0.15, -0.1) is 0 Å². The summed E-state index contributed by atoms with van der Waals surface area (Å²) in [7, 11) is 0. The van der Waals surface area contributed by atoms with Crippen molar-refractivity contribution in [3.63, 3.8) is 0 Å². The van der Waals surface area contributed by atoms with Crippen molar-refractivity contribution in [2.24, 2.45) is 0 Å². The van der Waals surface area contributed by atoms with Crippen molar-refractivity contribution in [2.75, 3.05) is 6.51 Å². The number of halogens is 5. The standard InChI is InChI=1S/C7H4BBrF4NO3.K/c9-5-1-4(10)2-6(14(15)16)7(5)17-3-8(11,12)13;/h1-2H,3H2;/q-1;+1. The SMILES string of the molecule is O=[N+]([O-])c1cc(F)cc(Br)c1OC[B-](F)(F)F.[K+]. The molecule has 1 rings (SSSR count). The monoisotopic (exact) mass is 355 g/mol. The van der Waals surface area contributed by atoms with Gasteiger partial charge in [-0.1, -0.05) is 0 Å². The van der Waals surface area contributed by atoms with Gasteiger partial charge in [-0.2, -0.15) is 0 Å². The summed E-state index contributed by atoms with van der Waals surface area (Å²) in [5.74, 6) is -1.59. The molecule has 0 amide bonds. The molecule has 0 fully saturated rings. The summed E-state index contributed by atoms with van der Waals surface area (Å²) in [6.45, 7) is -6.88. The van der Waals surface area contributed by atoms with Crippen LogP contribution in [0.3, 0.4) is 0 Å². The molecule has 0 bridgehead atoms. The van der Waals surface area contributed by atoms with Crippen molar-refractivity contribution >= 4 is 28.6 Å². The zero-order chi connectivity index (χ0) is 13.2. The van der Waals surface area contributed by atoms with Crippen LogP contribution in [-0.2, 0) is 0 Å². The Bertz CT molecular complexity index is 459. The second-order valence-electron chi connectivity index (χ2n) is 3.01. The van der Waals surface area contributed by atoms with Crippen LogP contribution >= 0.6 is 15.9 Å². The van der Waals surface area contributed by atoms with Gasteiger partial charge >= 0.3 is 64.0 Å². The smallest absolute Gasteiger partial charge is 0.516 e. The minimum absolute atomic E-state index is 0. The predicted octanol–water partition coefficient (Wildman–Crippen LogP) is 0.266. The molecule has 0 spiro atoms. The number of rotatable bonds is 4. The third-order valence-electron chi connectivity index (χ3n) is 1.60. The first kappa shape index (κ1) is 18.3. The maximum absolute atomic E-state index is 12.8. The van der Waals surface area contributed by atoms with Gasteiger partial charge in [-0.3, -0.25) is 10.1 Å². The maximum atomic E-state index is 12.8. The van der Waals surface area contributed by atoms with Gasteiger partial charge in [0.1, 0.15) is 5.82 Å². The number of nitro groups is 1. The Labute approximate surface area is 150 Å². The average molecular weight is 356 g/mol. The molecule has 4 nitrogen and oxygen atoms in total.